The molecule has 0 N–H and O–H groups in total. The molecule has 1 unspecified atom stereocenters. The predicted molar refractivity (Wildman–Crippen MR) is 231 cm³/mol. The number of rotatable bonds is 2. The molecule has 1 nitrogen and oxygen atoms in total. The summed E-state index contributed by atoms with van der Waals surface area (Å²) in [5.74, 6) is 1.05. The van der Waals surface area contributed by atoms with Crippen LogP contribution in [0.3, 0.4) is 0 Å². The van der Waals surface area contributed by atoms with Gasteiger partial charge in [-0.3, -0.25) is 0 Å². The van der Waals surface area contributed by atoms with Crippen LogP contribution in [0.2, 0.25) is 0 Å². The van der Waals surface area contributed by atoms with Gasteiger partial charge in [0.05, 0.1) is 5.41 Å². The highest BCUT2D eigenvalue weighted by molar-refractivity contribution is 6.28. The molecule has 1 atom stereocenters. The van der Waals surface area contributed by atoms with Crippen molar-refractivity contribution in [2.45, 2.75) is 12.3 Å². The lowest BCUT2D eigenvalue weighted by molar-refractivity contribution is 0.486. The summed E-state index contributed by atoms with van der Waals surface area (Å²) in [6.45, 7) is 2.40. The number of hydrogen-bond acceptors (Lipinski definition) is 1. The van der Waals surface area contributed by atoms with E-state index in [0.29, 0.717) is 0 Å². The van der Waals surface area contributed by atoms with E-state index in [-0.39, 0.29) is 0 Å². The molecule has 254 valence electrons. The van der Waals surface area contributed by atoms with Crippen molar-refractivity contribution in [3.63, 3.8) is 0 Å². The molecule has 0 saturated carbocycles. The van der Waals surface area contributed by atoms with E-state index in [0.717, 1.165) is 11.3 Å². The summed E-state index contributed by atoms with van der Waals surface area (Å²) in [7, 11) is 0. The zero-order valence-corrected chi connectivity index (χ0v) is 30.2. The van der Waals surface area contributed by atoms with Crippen LogP contribution in [0.4, 0.5) is 0 Å². The summed E-state index contributed by atoms with van der Waals surface area (Å²) < 4.78 is 6.94. The van der Waals surface area contributed by atoms with Crippen LogP contribution >= 0.6 is 0 Å². The van der Waals surface area contributed by atoms with Crippen LogP contribution < -0.4 is 0 Å². The molecule has 0 spiro atoms. The highest BCUT2D eigenvalue weighted by Gasteiger charge is 2.50. The molecule has 2 aliphatic carbocycles. The summed E-state index contributed by atoms with van der Waals surface area (Å²) in [5, 5.41) is 14.1. The first-order valence-electron chi connectivity index (χ1n) is 19.3. The lowest BCUT2D eigenvalue weighted by Gasteiger charge is -2.36. The molecule has 1 heteroatoms. The highest BCUT2D eigenvalue weighted by atomic mass is 16.3. The number of benzene rings is 10. The van der Waals surface area contributed by atoms with E-state index in [1.165, 1.54) is 115 Å². The minimum Gasteiger partial charge on any atom is -0.459 e. The molecule has 1 heterocycles. The molecule has 0 radical (unpaired) electrons. The zero-order chi connectivity index (χ0) is 36.0. The third kappa shape index (κ3) is 3.63. The van der Waals surface area contributed by atoms with Crippen molar-refractivity contribution in [2.75, 3.05) is 0 Å². The fourth-order valence-electron chi connectivity index (χ4n) is 10.7. The number of hydrogen-bond donors (Lipinski definition) is 0. The maximum absolute atomic E-state index is 6.94. The van der Waals surface area contributed by atoms with Crippen LogP contribution in [0.5, 0.6) is 0 Å². The van der Waals surface area contributed by atoms with E-state index < -0.39 is 5.41 Å². The average Bonchev–Trinajstić information content (AvgIpc) is 3.76. The van der Waals surface area contributed by atoms with Crippen molar-refractivity contribution in [1.29, 1.82) is 0 Å². The van der Waals surface area contributed by atoms with Gasteiger partial charge in [-0.1, -0.05) is 158 Å². The van der Waals surface area contributed by atoms with Crippen molar-refractivity contribution in [3.8, 4) is 44.5 Å². The van der Waals surface area contributed by atoms with E-state index in [1.807, 2.05) is 0 Å². The highest BCUT2D eigenvalue weighted by Crippen LogP contribution is 2.64. The van der Waals surface area contributed by atoms with Crippen molar-refractivity contribution >= 4 is 64.8 Å². The SMILES string of the molecule is CC12c3oc4ccccc4c3-c3cccc(c31)-c1c3cc(-c4ccccc4)ccc3c(-c3ccc4c5ccccc5c5ccccc5c4c3)c3cccc2c13. The van der Waals surface area contributed by atoms with Crippen molar-refractivity contribution < 1.29 is 4.42 Å². The van der Waals surface area contributed by atoms with Crippen LogP contribution in [0.25, 0.3) is 109 Å². The topological polar surface area (TPSA) is 13.1 Å². The Labute approximate surface area is 317 Å². The first-order valence-corrected chi connectivity index (χ1v) is 19.3. The molecular formula is C54H32O. The molecule has 0 amide bonds. The third-order valence-corrected chi connectivity index (χ3v) is 13.0. The van der Waals surface area contributed by atoms with Gasteiger partial charge in [0, 0.05) is 10.9 Å². The smallest absolute Gasteiger partial charge is 0.135 e. The van der Waals surface area contributed by atoms with Crippen LogP contribution in [-0.4, -0.2) is 0 Å². The number of furan rings is 1. The Bertz CT molecular complexity index is 3460. The second kappa shape index (κ2) is 10.4. The standard InChI is InChI=1S/C54H32O/c1-54-46-23-12-20-41-48(33-26-27-38-36-17-6-5-15-34(36)35-16-7-8-18-37(35)44(38)30-33)39-28-25-32(31-13-3-2-4-14-31)29-45(39)49(51(41)46)42-21-11-22-43(52(42)54)50-40-19-9-10-24-47(40)55-53(50)54/h2-30H,1H3. The number of para-hydroxylation sites is 1. The van der Waals surface area contributed by atoms with E-state index in [4.69, 9.17) is 4.42 Å². The summed E-state index contributed by atoms with van der Waals surface area (Å²) in [6, 6.07) is 65.4. The van der Waals surface area contributed by atoms with Gasteiger partial charge in [0.2, 0.25) is 0 Å². The summed E-state index contributed by atoms with van der Waals surface area (Å²) in [5.41, 5.74) is 13.3. The van der Waals surface area contributed by atoms with E-state index in [1.54, 1.807) is 0 Å². The van der Waals surface area contributed by atoms with Crippen molar-refractivity contribution in [3.05, 3.63) is 193 Å². The Morgan fingerprint density at radius 3 is 1.69 bits per heavy atom. The second-order valence-corrected chi connectivity index (χ2v) is 15.6. The van der Waals surface area contributed by atoms with E-state index in [9.17, 15) is 0 Å². The van der Waals surface area contributed by atoms with Gasteiger partial charge >= 0.3 is 0 Å². The Morgan fingerprint density at radius 2 is 0.927 bits per heavy atom. The fraction of sp³-hybridized carbons (Fsp3) is 0.0370. The lowest BCUT2D eigenvalue weighted by Crippen LogP contribution is -2.26. The van der Waals surface area contributed by atoms with Gasteiger partial charge < -0.3 is 4.42 Å². The molecule has 10 aromatic carbocycles. The quantitative estimate of drug-likeness (QED) is 0.130. The first-order chi connectivity index (χ1) is 27.2. The van der Waals surface area contributed by atoms with Gasteiger partial charge in [-0.05, 0) is 129 Å². The lowest BCUT2D eigenvalue weighted by atomic mass is 9.66. The first kappa shape index (κ1) is 29.5. The molecule has 0 saturated heterocycles. The minimum atomic E-state index is -0.451. The fourth-order valence-corrected chi connectivity index (χ4v) is 10.7. The molecule has 55 heavy (non-hydrogen) atoms. The maximum atomic E-state index is 6.94. The van der Waals surface area contributed by atoms with Crippen molar-refractivity contribution in [2.24, 2.45) is 0 Å². The molecule has 1 aromatic heterocycles. The van der Waals surface area contributed by atoms with Gasteiger partial charge in [0.1, 0.15) is 11.3 Å². The van der Waals surface area contributed by atoms with Gasteiger partial charge in [-0.2, -0.15) is 0 Å². The normalized spacial score (nSPS) is 15.4. The third-order valence-electron chi connectivity index (χ3n) is 13.0. The number of fused-ring (bicyclic) bond motifs is 15. The van der Waals surface area contributed by atoms with Crippen LogP contribution in [-0.2, 0) is 5.41 Å². The van der Waals surface area contributed by atoms with Crippen LogP contribution in [0.1, 0.15) is 23.8 Å². The predicted octanol–water partition coefficient (Wildman–Crippen LogP) is 14.8. The summed E-state index contributed by atoms with van der Waals surface area (Å²) in [6.07, 6.45) is 0. The molecule has 11 aromatic rings. The van der Waals surface area contributed by atoms with E-state index >= 15 is 0 Å². The average molecular weight is 697 g/mol. The molecular weight excluding hydrogens is 665 g/mol. The maximum Gasteiger partial charge on any atom is 0.135 e. The molecule has 0 fully saturated rings. The molecule has 2 aliphatic rings. The van der Waals surface area contributed by atoms with Gasteiger partial charge in [0.25, 0.3) is 0 Å². The molecule has 0 bridgehead atoms. The van der Waals surface area contributed by atoms with Crippen molar-refractivity contribution in [1.82, 2.24) is 0 Å². The van der Waals surface area contributed by atoms with Gasteiger partial charge in [0.15, 0.2) is 0 Å². The Kier molecular flexibility index (Phi) is 5.56. The van der Waals surface area contributed by atoms with Crippen LogP contribution in [0.15, 0.2) is 180 Å². The van der Waals surface area contributed by atoms with Gasteiger partial charge in [-0.25, -0.2) is 0 Å². The van der Waals surface area contributed by atoms with Crippen LogP contribution in [0, 0.1) is 0 Å². The summed E-state index contributed by atoms with van der Waals surface area (Å²) >= 11 is 0. The Balaban J connectivity index is 1.21. The second-order valence-electron chi connectivity index (χ2n) is 15.6. The largest absolute Gasteiger partial charge is 0.459 e. The molecule has 13 rings (SSSR count). The Hall–Kier alpha value is -6.96. The zero-order valence-electron chi connectivity index (χ0n) is 30.2. The Morgan fingerprint density at radius 1 is 0.364 bits per heavy atom. The monoisotopic (exact) mass is 696 g/mol. The minimum absolute atomic E-state index is 0.451. The molecule has 0 aliphatic heterocycles. The summed E-state index contributed by atoms with van der Waals surface area (Å²) in [4.78, 5) is 0. The van der Waals surface area contributed by atoms with E-state index in [2.05, 4.69) is 183 Å². The van der Waals surface area contributed by atoms with Gasteiger partial charge in [-0.15, -0.1) is 0 Å².